The van der Waals surface area contributed by atoms with E-state index in [0.717, 1.165) is 23.3 Å². The molecule has 0 spiro atoms. The van der Waals surface area contributed by atoms with E-state index in [2.05, 4.69) is 24.4 Å². The van der Waals surface area contributed by atoms with Gasteiger partial charge < -0.3 is 5.32 Å². The average molecular weight is 313 g/mol. The van der Waals surface area contributed by atoms with Crippen LogP contribution in [0.2, 0.25) is 0 Å². The first-order valence-electron chi connectivity index (χ1n) is 7.77. The number of hydrogen-bond donors (Lipinski definition) is 1. The number of carbonyl (C=O) groups is 1. The fourth-order valence-corrected chi connectivity index (χ4v) is 3.47. The first-order valence-corrected chi connectivity index (χ1v) is 8.65. The molecule has 0 aliphatic heterocycles. The van der Waals surface area contributed by atoms with E-state index < -0.39 is 0 Å². The Morgan fingerprint density at radius 2 is 1.64 bits per heavy atom. The summed E-state index contributed by atoms with van der Waals surface area (Å²) in [6, 6.07) is 20.2. The van der Waals surface area contributed by atoms with Crippen molar-refractivity contribution in [2.24, 2.45) is 0 Å². The zero-order valence-electron chi connectivity index (χ0n) is 13.2. The predicted molar refractivity (Wildman–Crippen MR) is 94.0 cm³/mol. The summed E-state index contributed by atoms with van der Waals surface area (Å²) >= 11 is 1.65. The van der Waals surface area contributed by atoms with Crippen molar-refractivity contribution < 1.29 is 4.79 Å². The van der Waals surface area contributed by atoms with Crippen LogP contribution in [0.15, 0.2) is 65.6 Å². The summed E-state index contributed by atoms with van der Waals surface area (Å²) < 4.78 is 0. The van der Waals surface area contributed by atoms with E-state index in [-0.39, 0.29) is 17.2 Å². The van der Waals surface area contributed by atoms with Gasteiger partial charge in [0.1, 0.15) is 0 Å². The molecule has 2 nitrogen and oxygen atoms in total. The van der Waals surface area contributed by atoms with Gasteiger partial charge in [-0.3, -0.25) is 4.79 Å². The summed E-state index contributed by atoms with van der Waals surface area (Å²) in [5.74, 6) is 0.118. The molecule has 116 valence electrons. The van der Waals surface area contributed by atoms with Crippen LogP contribution in [0, 0.1) is 0 Å². The lowest BCUT2D eigenvalue weighted by atomic mass is 10.1. The van der Waals surface area contributed by atoms with Crippen molar-refractivity contribution >= 4 is 17.7 Å². The molecule has 0 radical (unpaired) electrons. The van der Waals surface area contributed by atoms with Crippen molar-refractivity contribution in [1.29, 1.82) is 0 Å². The molecule has 0 aliphatic rings. The second-order valence-electron chi connectivity index (χ2n) is 5.35. The maximum absolute atomic E-state index is 12.6. The molecule has 1 unspecified atom stereocenters. The highest BCUT2D eigenvalue weighted by Crippen LogP contribution is 2.27. The summed E-state index contributed by atoms with van der Waals surface area (Å²) in [5, 5.41) is 3.10. The van der Waals surface area contributed by atoms with Gasteiger partial charge in [0.2, 0.25) is 5.91 Å². The standard InChI is InChI=1S/C19H23NOS/c1-3-10-18(22-17-13-8-5-9-14-17)19(21)20-15(2)16-11-6-4-7-12-16/h4-9,11-15,18H,3,10H2,1-2H3,(H,20,21)/t15-,18?/m0/s1. The average Bonchev–Trinajstić information content (AvgIpc) is 2.56. The Morgan fingerprint density at radius 3 is 2.23 bits per heavy atom. The van der Waals surface area contributed by atoms with Crippen LogP contribution in [-0.2, 0) is 4.79 Å². The first-order chi connectivity index (χ1) is 10.7. The summed E-state index contributed by atoms with van der Waals surface area (Å²) in [6.45, 7) is 4.15. The lowest BCUT2D eigenvalue weighted by Crippen LogP contribution is -2.34. The van der Waals surface area contributed by atoms with Crippen molar-refractivity contribution in [1.82, 2.24) is 5.32 Å². The summed E-state index contributed by atoms with van der Waals surface area (Å²) in [4.78, 5) is 13.7. The SMILES string of the molecule is CCCC(Sc1ccccc1)C(=O)N[C@@H](C)c1ccccc1. The summed E-state index contributed by atoms with van der Waals surface area (Å²) in [5.41, 5.74) is 1.14. The smallest absolute Gasteiger partial charge is 0.233 e. The highest BCUT2D eigenvalue weighted by molar-refractivity contribution is 8.00. The van der Waals surface area contributed by atoms with Crippen LogP contribution in [0.1, 0.15) is 38.3 Å². The van der Waals surface area contributed by atoms with Gasteiger partial charge in [0.25, 0.3) is 0 Å². The van der Waals surface area contributed by atoms with Crippen molar-refractivity contribution in [2.45, 2.75) is 42.9 Å². The molecule has 0 aromatic heterocycles. The lowest BCUT2D eigenvalue weighted by Gasteiger charge is -2.20. The Morgan fingerprint density at radius 1 is 1.05 bits per heavy atom. The van der Waals surface area contributed by atoms with Crippen LogP contribution in [0.4, 0.5) is 0 Å². The van der Waals surface area contributed by atoms with Gasteiger partial charge in [0, 0.05) is 4.90 Å². The quantitative estimate of drug-likeness (QED) is 0.742. The van der Waals surface area contributed by atoms with Gasteiger partial charge in [-0.05, 0) is 31.0 Å². The number of thioether (sulfide) groups is 1. The van der Waals surface area contributed by atoms with Gasteiger partial charge >= 0.3 is 0 Å². The van der Waals surface area contributed by atoms with Crippen molar-refractivity contribution in [3.63, 3.8) is 0 Å². The fourth-order valence-electron chi connectivity index (χ4n) is 2.30. The summed E-state index contributed by atoms with van der Waals surface area (Å²) in [7, 11) is 0. The minimum atomic E-state index is -0.0430. The molecule has 2 aromatic carbocycles. The van der Waals surface area contributed by atoms with E-state index in [9.17, 15) is 4.79 Å². The number of nitrogens with one attached hydrogen (secondary N) is 1. The summed E-state index contributed by atoms with van der Waals surface area (Å²) in [6.07, 6.45) is 1.88. The second-order valence-corrected chi connectivity index (χ2v) is 6.63. The molecule has 0 bridgehead atoms. The number of hydrogen-bond acceptors (Lipinski definition) is 2. The number of rotatable bonds is 7. The van der Waals surface area contributed by atoms with Gasteiger partial charge in [-0.15, -0.1) is 11.8 Å². The molecule has 0 saturated heterocycles. The maximum Gasteiger partial charge on any atom is 0.233 e. The van der Waals surface area contributed by atoms with Crippen molar-refractivity contribution in [3.8, 4) is 0 Å². The van der Waals surface area contributed by atoms with E-state index in [1.807, 2.05) is 55.5 Å². The monoisotopic (exact) mass is 313 g/mol. The molecule has 0 heterocycles. The minimum Gasteiger partial charge on any atom is -0.349 e. The van der Waals surface area contributed by atoms with Gasteiger partial charge in [-0.25, -0.2) is 0 Å². The third-order valence-electron chi connectivity index (χ3n) is 3.52. The largest absolute Gasteiger partial charge is 0.349 e. The highest BCUT2D eigenvalue weighted by atomic mass is 32.2. The molecule has 1 N–H and O–H groups in total. The van der Waals surface area contributed by atoms with Gasteiger partial charge in [0.15, 0.2) is 0 Å². The molecular weight excluding hydrogens is 290 g/mol. The van der Waals surface area contributed by atoms with E-state index >= 15 is 0 Å². The molecule has 1 amide bonds. The molecule has 3 heteroatoms. The molecule has 0 fully saturated rings. The zero-order valence-corrected chi connectivity index (χ0v) is 14.0. The van der Waals surface area contributed by atoms with Crippen molar-refractivity contribution in [2.75, 3.05) is 0 Å². The molecule has 2 aromatic rings. The van der Waals surface area contributed by atoms with Gasteiger partial charge in [-0.2, -0.15) is 0 Å². The van der Waals surface area contributed by atoms with Gasteiger partial charge in [-0.1, -0.05) is 61.9 Å². The minimum absolute atomic E-state index is 0.0319. The molecule has 2 rings (SSSR count). The second kappa shape index (κ2) is 8.64. The van der Waals surface area contributed by atoms with Crippen molar-refractivity contribution in [3.05, 3.63) is 66.2 Å². The Labute approximate surface area is 137 Å². The fraction of sp³-hybridized carbons (Fsp3) is 0.316. The number of amides is 1. The van der Waals surface area contributed by atoms with E-state index in [1.165, 1.54) is 0 Å². The normalized spacial score (nSPS) is 13.4. The zero-order chi connectivity index (χ0) is 15.8. The highest BCUT2D eigenvalue weighted by Gasteiger charge is 2.20. The Kier molecular flexibility index (Phi) is 6.53. The maximum atomic E-state index is 12.6. The van der Waals surface area contributed by atoms with Crippen LogP contribution in [-0.4, -0.2) is 11.2 Å². The topological polar surface area (TPSA) is 29.1 Å². The molecule has 2 atom stereocenters. The molecule has 0 saturated carbocycles. The lowest BCUT2D eigenvalue weighted by molar-refractivity contribution is -0.121. The third kappa shape index (κ3) is 4.92. The third-order valence-corrected chi connectivity index (χ3v) is 4.80. The Hall–Kier alpha value is -1.74. The van der Waals surface area contributed by atoms with E-state index in [4.69, 9.17) is 0 Å². The number of carbonyl (C=O) groups excluding carboxylic acids is 1. The predicted octanol–water partition coefficient (Wildman–Crippen LogP) is 4.82. The molecule has 22 heavy (non-hydrogen) atoms. The van der Waals surface area contributed by atoms with Crippen LogP contribution in [0.25, 0.3) is 0 Å². The molecule has 0 aliphatic carbocycles. The number of benzene rings is 2. The first kappa shape index (κ1) is 16.6. The van der Waals surface area contributed by atoms with Crippen LogP contribution >= 0.6 is 11.8 Å². The molecular formula is C19H23NOS. The van der Waals surface area contributed by atoms with Gasteiger partial charge in [0.05, 0.1) is 11.3 Å². The van der Waals surface area contributed by atoms with Crippen LogP contribution < -0.4 is 5.32 Å². The van der Waals surface area contributed by atoms with Crippen LogP contribution in [0.5, 0.6) is 0 Å². The van der Waals surface area contributed by atoms with Crippen LogP contribution in [0.3, 0.4) is 0 Å². The Balaban J connectivity index is 2.00. The van der Waals surface area contributed by atoms with E-state index in [1.54, 1.807) is 11.8 Å². The Bertz CT molecular complexity index is 571. The van der Waals surface area contributed by atoms with E-state index in [0.29, 0.717) is 0 Å².